The number of nitrogen functional groups attached to an aromatic ring is 1. The van der Waals surface area contributed by atoms with Crippen LogP contribution in [0, 0.1) is 11.6 Å². The molecule has 0 spiro atoms. The molecule has 0 aliphatic rings. The van der Waals surface area contributed by atoms with Crippen molar-refractivity contribution in [1.29, 1.82) is 0 Å². The van der Waals surface area contributed by atoms with Crippen LogP contribution in [0.3, 0.4) is 0 Å². The lowest BCUT2D eigenvalue weighted by Crippen LogP contribution is -2.19. The number of anilines is 1. The highest BCUT2D eigenvalue weighted by atomic mass is 32.1. The largest absolute Gasteiger partial charge is 0.398 e. The van der Waals surface area contributed by atoms with Crippen molar-refractivity contribution in [3.63, 3.8) is 0 Å². The Morgan fingerprint density at radius 2 is 2.11 bits per heavy atom. The fraction of sp³-hybridized carbons (Fsp3) is 0.231. The van der Waals surface area contributed by atoms with Crippen LogP contribution in [0.1, 0.15) is 23.4 Å². The van der Waals surface area contributed by atoms with Gasteiger partial charge in [-0.15, -0.1) is 11.3 Å². The normalized spacial score (nSPS) is 12.6. The Kier molecular flexibility index (Phi) is 3.93. The van der Waals surface area contributed by atoms with Gasteiger partial charge >= 0.3 is 0 Å². The fourth-order valence-electron chi connectivity index (χ4n) is 1.70. The Balaban J connectivity index is 2.06. The molecule has 2 aromatic rings. The summed E-state index contributed by atoms with van der Waals surface area (Å²) in [7, 11) is 0. The Hall–Kier alpha value is -1.46. The van der Waals surface area contributed by atoms with Crippen molar-refractivity contribution in [2.45, 2.75) is 19.5 Å². The summed E-state index contributed by atoms with van der Waals surface area (Å²) >= 11 is 1.54. The predicted octanol–water partition coefficient (Wildman–Crippen LogP) is 3.46. The van der Waals surface area contributed by atoms with Gasteiger partial charge in [0.15, 0.2) is 0 Å². The minimum Gasteiger partial charge on any atom is -0.398 e. The predicted molar refractivity (Wildman–Crippen MR) is 70.3 cm³/mol. The second-order valence-corrected chi connectivity index (χ2v) is 5.07. The standard InChI is InChI=1S/C13H14F2N2S/c1-8(10-6-9(14)2-3-11(10)15)17-7-13-12(16)4-5-18-13/h2-6,8,17H,7,16H2,1H3. The van der Waals surface area contributed by atoms with Gasteiger partial charge in [0, 0.05) is 28.7 Å². The minimum atomic E-state index is -0.435. The first-order valence-electron chi connectivity index (χ1n) is 5.58. The topological polar surface area (TPSA) is 38.0 Å². The quantitative estimate of drug-likeness (QED) is 0.891. The number of nitrogens with two attached hydrogens (primary N) is 1. The highest BCUT2D eigenvalue weighted by molar-refractivity contribution is 7.10. The van der Waals surface area contributed by atoms with E-state index >= 15 is 0 Å². The molecule has 0 radical (unpaired) electrons. The molecule has 2 nitrogen and oxygen atoms in total. The van der Waals surface area contributed by atoms with E-state index in [2.05, 4.69) is 5.32 Å². The van der Waals surface area contributed by atoms with Gasteiger partial charge in [0.1, 0.15) is 11.6 Å². The summed E-state index contributed by atoms with van der Waals surface area (Å²) in [5.41, 5.74) is 6.80. The van der Waals surface area contributed by atoms with Crippen LogP contribution in [0.4, 0.5) is 14.5 Å². The van der Waals surface area contributed by atoms with Crippen molar-refractivity contribution in [2.24, 2.45) is 0 Å². The Labute approximate surface area is 108 Å². The molecule has 0 fully saturated rings. The van der Waals surface area contributed by atoms with Crippen molar-refractivity contribution < 1.29 is 8.78 Å². The molecule has 2 rings (SSSR count). The molecule has 0 saturated heterocycles. The number of rotatable bonds is 4. The summed E-state index contributed by atoms with van der Waals surface area (Å²) in [5, 5.41) is 5.04. The number of nitrogens with one attached hydrogen (secondary N) is 1. The van der Waals surface area contributed by atoms with Gasteiger partial charge in [0.2, 0.25) is 0 Å². The molecule has 1 atom stereocenters. The molecule has 1 heterocycles. The molecule has 3 N–H and O–H groups in total. The molecule has 0 aliphatic carbocycles. The lowest BCUT2D eigenvalue weighted by Gasteiger charge is -2.14. The average Bonchev–Trinajstić information content (AvgIpc) is 2.75. The van der Waals surface area contributed by atoms with Crippen molar-refractivity contribution in [3.8, 4) is 0 Å². The van der Waals surface area contributed by atoms with E-state index in [1.165, 1.54) is 17.4 Å². The molecule has 1 aromatic heterocycles. The molecule has 0 saturated carbocycles. The van der Waals surface area contributed by atoms with Gasteiger partial charge < -0.3 is 11.1 Å². The molecule has 0 aliphatic heterocycles. The zero-order chi connectivity index (χ0) is 13.1. The van der Waals surface area contributed by atoms with E-state index in [0.29, 0.717) is 12.1 Å². The first-order chi connectivity index (χ1) is 8.58. The van der Waals surface area contributed by atoms with E-state index in [1.807, 2.05) is 11.4 Å². The van der Waals surface area contributed by atoms with Gasteiger partial charge in [-0.2, -0.15) is 0 Å². The molecule has 1 aromatic carbocycles. The summed E-state index contributed by atoms with van der Waals surface area (Å²) in [6.07, 6.45) is 0. The highest BCUT2D eigenvalue weighted by Crippen LogP contribution is 2.22. The molecule has 1 unspecified atom stereocenters. The van der Waals surface area contributed by atoms with E-state index < -0.39 is 11.6 Å². The highest BCUT2D eigenvalue weighted by Gasteiger charge is 2.12. The molecular weight excluding hydrogens is 254 g/mol. The Morgan fingerprint density at radius 3 is 2.78 bits per heavy atom. The third-order valence-corrected chi connectivity index (χ3v) is 3.71. The van der Waals surface area contributed by atoms with E-state index in [9.17, 15) is 8.78 Å². The lowest BCUT2D eigenvalue weighted by atomic mass is 10.1. The summed E-state index contributed by atoms with van der Waals surface area (Å²) < 4.78 is 26.6. The molecule has 5 heteroatoms. The van der Waals surface area contributed by atoms with Crippen molar-refractivity contribution >= 4 is 17.0 Å². The molecule has 18 heavy (non-hydrogen) atoms. The van der Waals surface area contributed by atoms with Crippen LogP contribution in [0.25, 0.3) is 0 Å². The fourth-order valence-corrected chi connectivity index (χ4v) is 2.45. The molecule has 0 amide bonds. The smallest absolute Gasteiger partial charge is 0.128 e. The summed E-state index contributed by atoms with van der Waals surface area (Å²) in [5.74, 6) is -0.841. The van der Waals surface area contributed by atoms with Crippen molar-refractivity contribution in [3.05, 3.63) is 51.7 Å². The van der Waals surface area contributed by atoms with Crippen LogP contribution in [0.15, 0.2) is 29.6 Å². The molecule has 96 valence electrons. The van der Waals surface area contributed by atoms with E-state index in [-0.39, 0.29) is 6.04 Å². The summed E-state index contributed by atoms with van der Waals surface area (Å²) in [6, 6.07) is 5.02. The second kappa shape index (κ2) is 5.46. The van der Waals surface area contributed by atoms with Gasteiger partial charge in [0.25, 0.3) is 0 Å². The summed E-state index contributed by atoms with van der Waals surface area (Å²) in [4.78, 5) is 0.999. The monoisotopic (exact) mass is 268 g/mol. The van der Waals surface area contributed by atoms with Gasteiger partial charge in [-0.25, -0.2) is 8.78 Å². The van der Waals surface area contributed by atoms with Crippen LogP contribution in [0.5, 0.6) is 0 Å². The van der Waals surface area contributed by atoms with Gasteiger partial charge in [-0.3, -0.25) is 0 Å². The molecular formula is C13H14F2N2S. The van der Waals surface area contributed by atoms with Crippen molar-refractivity contribution in [2.75, 3.05) is 5.73 Å². The zero-order valence-corrected chi connectivity index (χ0v) is 10.7. The van der Waals surface area contributed by atoms with Gasteiger partial charge in [-0.05, 0) is 36.6 Å². The maximum absolute atomic E-state index is 13.5. The number of benzene rings is 1. The number of thiophene rings is 1. The average molecular weight is 268 g/mol. The molecule has 0 bridgehead atoms. The van der Waals surface area contributed by atoms with Crippen molar-refractivity contribution in [1.82, 2.24) is 5.32 Å². The van der Waals surface area contributed by atoms with Gasteiger partial charge in [0.05, 0.1) is 0 Å². The van der Waals surface area contributed by atoms with E-state index in [4.69, 9.17) is 5.73 Å². The van der Waals surface area contributed by atoms with Crippen LogP contribution >= 0.6 is 11.3 Å². The Morgan fingerprint density at radius 1 is 1.33 bits per heavy atom. The third kappa shape index (κ3) is 2.86. The third-order valence-electron chi connectivity index (χ3n) is 2.77. The number of halogens is 2. The zero-order valence-electron chi connectivity index (χ0n) is 9.91. The van der Waals surface area contributed by atoms with Crippen LogP contribution in [0.2, 0.25) is 0 Å². The first kappa shape index (κ1) is 13.0. The summed E-state index contributed by atoms with van der Waals surface area (Å²) in [6.45, 7) is 2.34. The number of hydrogen-bond donors (Lipinski definition) is 2. The van der Waals surface area contributed by atoms with E-state index in [0.717, 1.165) is 22.7 Å². The van der Waals surface area contributed by atoms with Crippen LogP contribution in [-0.4, -0.2) is 0 Å². The minimum absolute atomic E-state index is 0.276. The maximum Gasteiger partial charge on any atom is 0.128 e. The van der Waals surface area contributed by atoms with Gasteiger partial charge in [-0.1, -0.05) is 0 Å². The Bertz CT molecular complexity index is 540. The first-order valence-corrected chi connectivity index (χ1v) is 6.46. The van der Waals surface area contributed by atoms with Crippen LogP contribution < -0.4 is 11.1 Å². The lowest BCUT2D eigenvalue weighted by molar-refractivity contribution is 0.521. The van der Waals surface area contributed by atoms with Crippen LogP contribution in [-0.2, 0) is 6.54 Å². The van der Waals surface area contributed by atoms with E-state index in [1.54, 1.807) is 6.92 Å². The second-order valence-electron chi connectivity index (χ2n) is 4.07. The SMILES string of the molecule is CC(NCc1sccc1N)c1cc(F)ccc1F. The number of hydrogen-bond acceptors (Lipinski definition) is 3. The maximum atomic E-state index is 13.5.